The minimum atomic E-state index is -2.90. The molecule has 8 heteroatoms. The molecule has 1 amide bonds. The standard InChI is InChI=1S/C22H20F2N2O4/c1-29-21(28)19(12-15-13-25-18-5-3-2-4-17(15)18)26-20(27)11-8-14-6-9-16(10-7-14)30-22(23)24/h2-11,13,19,22,25H,12H2,1H3,(H,26,27). The average molecular weight is 414 g/mol. The number of hydrogen-bond donors (Lipinski definition) is 2. The van der Waals surface area contributed by atoms with E-state index >= 15 is 0 Å². The second kappa shape index (κ2) is 9.69. The lowest BCUT2D eigenvalue weighted by Gasteiger charge is -2.15. The predicted octanol–water partition coefficient (Wildman–Crippen LogP) is 3.68. The molecule has 0 aliphatic heterocycles. The van der Waals surface area contributed by atoms with E-state index in [4.69, 9.17) is 4.74 Å². The average Bonchev–Trinajstić information content (AvgIpc) is 3.15. The maximum atomic E-state index is 12.3. The number of fused-ring (bicyclic) bond motifs is 1. The molecule has 3 aromatic rings. The fraction of sp³-hybridized carbons (Fsp3) is 0.182. The van der Waals surface area contributed by atoms with Crippen LogP contribution in [0.4, 0.5) is 8.78 Å². The van der Waals surface area contributed by atoms with Crippen molar-refractivity contribution >= 4 is 28.9 Å². The van der Waals surface area contributed by atoms with E-state index in [2.05, 4.69) is 15.0 Å². The summed E-state index contributed by atoms with van der Waals surface area (Å²) in [6.07, 6.45) is 4.82. The smallest absolute Gasteiger partial charge is 0.387 e. The van der Waals surface area contributed by atoms with E-state index in [1.54, 1.807) is 6.20 Å². The molecule has 30 heavy (non-hydrogen) atoms. The van der Waals surface area contributed by atoms with Gasteiger partial charge in [0, 0.05) is 29.6 Å². The van der Waals surface area contributed by atoms with Crippen LogP contribution in [0.3, 0.4) is 0 Å². The Morgan fingerprint density at radius 3 is 2.57 bits per heavy atom. The minimum absolute atomic E-state index is 0.0242. The van der Waals surface area contributed by atoms with Crippen LogP contribution in [0, 0.1) is 0 Å². The summed E-state index contributed by atoms with van der Waals surface area (Å²) in [5.74, 6) is -1.02. The van der Waals surface area contributed by atoms with Crippen molar-refractivity contribution in [1.29, 1.82) is 0 Å². The van der Waals surface area contributed by atoms with E-state index in [9.17, 15) is 18.4 Å². The van der Waals surface area contributed by atoms with Gasteiger partial charge in [0.05, 0.1) is 7.11 Å². The van der Waals surface area contributed by atoms with Crippen LogP contribution in [0.1, 0.15) is 11.1 Å². The van der Waals surface area contributed by atoms with Crippen molar-refractivity contribution in [3.05, 3.63) is 71.9 Å². The molecule has 2 N–H and O–H groups in total. The molecule has 156 valence electrons. The van der Waals surface area contributed by atoms with Crippen molar-refractivity contribution in [2.75, 3.05) is 7.11 Å². The van der Waals surface area contributed by atoms with Gasteiger partial charge in [-0.3, -0.25) is 4.79 Å². The Bertz CT molecular complexity index is 1040. The van der Waals surface area contributed by atoms with Crippen LogP contribution in [-0.4, -0.2) is 36.6 Å². The molecule has 0 saturated carbocycles. The highest BCUT2D eigenvalue weighted by Gasteiger charge is 2.22. The molecule has 3 rings (SSSR count). The van der Waals surface area contributed by atoms with Crippen LogP contribution in [0.25, 0.3) is 17.0 Å². The van der Waals surface area contributed by atoms with Crippen molar-refractivity contribution in [2.24, 2.45) is 0 Å². The molecule has 0 fully saturated rings. The maximum Gasteiger partial charge on any atom is 0.387 e. The van der Waals surface area contributed by atoms with Gasteiger partial charge < -0.3 is 19.8 Å². The highest BCUT2D eigenvalue weighted by Crippen LogP contribution is 2.19. The third-order valence-corrected chi connectivity index (χ3v) is 4.43. The molecule has 1 heterocycles. The van der Waals surface area contributed by atoms with E-state index < -0.39 is 24.5 Å². The number of hydrogen-bond acceptors (Lipinski definition) is 4. The number of esters is 1. The molecule has 0 bridgehead atoms. The molecule has 0 saturated heterocycles. The van der Waals surface area contributed by atoms with Gasteiger partial charge in [-0.15, -0.1) is 0 Å². The quantitative estimate of drug-likeness (QED) is 0.435. The second-order valence-corrected chi connectivity index (χ2v) is 6.43. The van der Waals surface area contributed by atoms with E-state index in [0.717, 1.165) is 16.5 Å². The number of amides is 1. The van der Waals surface area contributed by atoms with E-state index in [1.165, 1.54) is 43.5 Å². The van der Waals surface area contributed by atoms with Crippen LogP contribution in [0.2, 0.25) is 0 Å². The molecular weight excluding hydrogens is 394 g/mol. The van der Waals surface area contributed by atoms with Gasteiger partial charge in [-0.2, -0.15) is 8.78 Å². The van der Waals surface area contributed by atoms with Crippen LogP contribution in [-0.2, 0) is 20.7 Å². The summed E-state index contributed by atoms with van der Waals surface area (Å²) in [6, 6.07) is 12.6. The van der Waals surface area contributed by atoms with Gasteiger partial charge in [-0.05, 0) is 35.4 Å². The third-order valence-electron chi connectivity index (χ3n) is 4.43. The summed E-state index contributed by atoms with van der Waals surface area (Å²) >= 11 is 0. The molecule has 1 unspecified atom stereocenters. The highest BCUT2D eigenvalue weighted by atomic mass is 19.3. The Hall–Kier alpha value is -3.68. The Kier molecular flexibility index (Phi) is 6.79. The summed E-state index contributed by atoms with van der Waals surface area (Å²) in [5.41, 5.74) is 2.42. The van der Waals surface area contributed by atoms with Crippen molar-refractivity contribution in [3.8, 4) is 5.75 Å². The van der Waals surface area contributed by atoms with Crippen LogP contribution < -0.4 is 10.1 Å². The number of para-hydroxylation sites is 1. The number of nitrogens with one attached hydrogen (secondary N) is 2. The Labute approximate surface area is 171 Å². The molecular formula is C22H20F2N2O4. The van der Waals surface area contributed by atoms with Crippen LogP contribution in [0.15, 0.2) is 60.8 Å². The van der Waals surface area contributed by atoms with E-state index in [0.29, 0.717) is 5.56 Å². The zero-order valence-corrected chi connectivity index (χ0v) is 16.1. The summed E-state index contributed by atoms with van der Waals surface area (Å²) in [5, 5.41) is 3.60. The number of alkyl halides is 2. The van der Waals surface area contributed by atoms with Crippen LogP contribution in [0.5, 0.6) is 5.75 Å². The zero-order valence-electron chi connectivity index (χ0n) is 16.1. The number of carbonyl (C=O) groups excluding carboxylic acids is 2. The first-order chi connectivity index (χ1) is 14.5. The van der Waals surface area contributed by atoms with Gasteiger partial charge in [0.15, 0.2) is 0 Å². The summed E-state index contributed by atoms with van der Waals surface area (Å²) in [6.45, 7) is -2.90. The van der Waals surface area contributed by atoms with Gasteiger partial charge in [0.2, 0.25) is 5.91 Å². The van der Waals surface area contributed by atoms with Crippen molar-refractivity contribution in [1.82, 2.24) is 10.3 Å². The molecule has 1 atom stereocenters. The fourth-order valence-electron chi connectivity index (χ4n) is 3.01. The summed E-state index contributed by atoms with van der Waals surface area (Å²) in [4.78, 5) is 27.6. The lowest BCUT2D eigenvalue weighted by atomic mass is 10.0. The van der Waals surface area contributed by atoms with Gasteiger partial charge in [-0.1, -0.05) is 30.3 Å². The SMILES string of the molecule is COC(=O)C(Cc1c[nH]c2ccccc12)NC(=O)C=Cc1ccc(OC(F)F)cc1. The number of ether oxygens (including phenoxy) is 2. The number of methoxy groups -OCH3 is 1. The van der Waals surface area contributed by atoms with Gasteiger partial charge in [0.25, 0.3) is 0 Å². The number of benzene rings is 2. The normalized spacial score (nSPS) is 12.3. The Morgan fingerprint density at radius 1 is 1.13 bits per heavy atom. The van der Waals surface area contributed by atoms with Gasteiger partial charge in [-0.25, -0.2) is 4.79 Å². The molecule has 0 spiro atoms. The summed E-state index contributed by atoms with van der Waals surface area (Å²) < 4.78 is 33.5. The number of H-pyrrole nitrogens is 1. The fourth-order valence-corrected chi connectivity index (χ4v) is 3.01. The minimum Gasteiger partial charge on any atom is -0.467 e. The maximum absolute atomic E-state index is 12.3. The monoisotopic (exact) mass is 414 g/mol. The first-order valence-electron chi connectivity index (χ1n) is 9.12. The first-order valence-corrected chi connectivity index (χ1v) is 9.12. The number of rotatable bonds is 8. The molecule has 0 aliphatic carbocycles. The molecule has 0 radical (unpaired) electrons. The molecule has 6 nitrogen and oxygen atoms in total. The topological polar surface area (TPSA) is 80.4 Å². The van der Waals surface area contributed by atoms with E-state index in [1.807, 2.05) is 24.3 Å². The molecule has 1 aromatic heterocycles. The number of aromatic amines is 1. The second-order valence-electron chi connectivity index (χ2n) is 6.43. The van der Waals surface area contributed by atoms with Gasteiger partial charge in [0.1, 0.15) is 11.8 Å². The van der Waals surface area contributed by atoms with E-state index in [-0.39, 0.29) is 12.2 Å². The number of halogens is 2. The lowest BCUT2D eigenvalue weighted by molar-refractivity contribution is -0.144. The zero-order chi connectivity index (χ0) is 21.5. The molecule has 2 aromatic carbocycles. The van der Waals surface area contributed by atoms with Crippen LogP contribution >= 0.6 is 0 Å². The van der Waals surface area contributed by atoms with Crippen molar-refractivity contribution in [3.63, 3.8) is 0 Å². The number of aromatic nitrogens is 1. The highest BCUT2D eigenvalue weighted by molar-refractivity contribution is 5.95. The van der Waals surface area contributed by atoms with Crippen molar-refractivity contribution in [2.45, 2.75) is 19.1 Å². The predicted molar refractivity (Wildman–Crippen MR) is 108 cm³/mol. The first kappa shape index (κ1) is 21.0. The Morgan fingerprint density at radius 2 is 1.87 bits per heavy atom. The van der Waals surface area contributed by atoms with Gasteiger partial charge >= 0.3 is 12.6 Å². The lowest BCUT2D eigenvalue weighted by Crippen LogP contribution is -2.42. The largest absolute Gasteiger partial charge is 0.467 e. The Balaban J connectivity index is 1.66. The van der Waals surface area contributed by atoms with Crippen molar-refractivity contribution < 1.29 is 27.8 Å². The number of carbonyl (C=O) groups is 2. The third kappa shape index (κ3) is 5.44. The summed E-state index contributed by atoms with van der Waals surface area (Å²) in [7, 11) is 1.26. The molecule has 0 aliphatic rings.